The number of carbonyl (C=O) groups excluding carboxylic acids is 2. The Morgan fingerprint density at radius 3 is 2.17 bits per heavy atom. The number of methoxy groups -OCH3 is 3. The molecule has 0 aliphatic heterocycles. The van der Waals surface area contributed by atoms with Gasteiger partial charge >= 0.3 is 18.1 Å². The van der Waals surface area contributed by atoms with Crippen molar-refractivity contribution in [2.75, 3.05) is 26.6 Å². The van der Waals surface area contributed by atoms with Crippen molar-refractivity contribution in [3.8, 4) is 17.2 Å². The third kappa shape index (κ3) is 5.66. The van der Waals surface area contributed by atoms with E-state index >= 15 is 0 Å². The molecule has 0 heterocycles. The predicted molar refractivity (Wildman–Crippen MR) is 100 cm³/mol. The quantitative estimate of drug-likeness (QED) is 0.527. The van der Waals surface area contributed by atoms with Gasteiger partial charge < -0.3 is 24.3 Å². The van der Waals surface area contributed by atoms with E-state index in [-0.39, 0.29) is 17.2 Å². The number of anilines is 1. The van der Waals surface area contributed by atoms with Crippen LogP contribution in [0.5, 0.6) is 17.2 Å². The van der Waals surface area contributed by atoms with Crippen molar-refractivity contribution in [2.45, 2.75) is 6.18 Å². The molecule has 0 radical (unpaired) electrons. The lowest BCUT2D eigenvalue weighted by Gasteiger charge is -2.17. The first-order valence-electron chi connectivity index (χ1n) is 8.36. The Morgan fingerprint density at radius 1 is 0.933 bits per heavy atom. The molecule has 0 aliphatic carbocycles. The van der Waals surface area contributed by atoms with Crippen LogP contribution in [0.2, 0.25) is 0 Å². The molecular formula is C20H18F3NO6. The molecule has 0 unspecified atom stereocenters. The molecule has 0 saturated heterocycles. The minimum atomic E-state index is -4.66. The van der Waals surface area contributed by atoms with Crippen LogP contribution in [0.1, 0.15) is 5.56 Å². The van der Waals surface area contributed by atoms with Crippen molar-refractivity contribution in [3.05, 3.63) is 59.8 Å². The zero-order valence-corrected chi connectivity index (χ0v) is 16.2. The van der Waals surface area contributed by atoms with Crippen LogP contribution in [0.3, 0.4) is 0 Å². The summed E-state index contributed by atoms with van der Waals surface area (Å²) in [6.45, 7) is 0. The molecule has 0 bridgehead atoms. The SMILES string of the molecule is COC(=O)/C=C(/Nc1cc(C(F)(F)F)ccc1Oc1ccccc1OC)C(=O)OC. The number of para-hydroxylation sites is 2. The van der Waals surface area contributed by atoms with Crippen LogP contribution < -0.4 is 14.8 Å². The summed E-state index contributed by atoms with van der Waals surface area (Å²) in [5, 5.41) is 2.45. The predicted octanol–water partition coefficient (Wildman–Crippen LogP) is 4.15. The maximum Gasteiger partial charge on any atom is 0.416 e. The second kappa shape index (κ2) is 9.68. The molecule has 0 fully saturated rings. The zero-order valence-electron chi connectivity index (χ0n) is 16.2. The summed E-state index contributed by atoms with van der Waals surface area (Å²) in [5.74, 6) is -1.42. The normalized spacial score (nSPS) is 11.5. The lowest BCUT2D eigenvalue weighted by atomic mass is 10.1. The number of rotatable bonds is 7. The summed E-state index contributed by atoms with van der Waals surface area (Å²) >= 11 is 0. The van der Waals surface area contributed by atoms with Crippen molar-refractivity contribution in [1.29, 1.82) is 0 Å². The fraction of sp³-hybridized carbons (Fsp3) is 0.200. The fourth-order valence-corrected chi connectivity index (χ4v) is 2.29. The minimum Gasteiger partial charge on any atom is -0.493 e. The van der Waals surface area contributed by atoms with Crippen LogP contribution in [0.4, 0.5) is 18.9 Å². The molecule has 2 aromatic rings. The number of hydrogen-bond acceptors (Lipinski definition) is 7. The first-order chi connectivity index (χ1) is 14.2. The van der Waals surface area contributed by atoms with Crippen LogP contribution >= 0.6 is 0 Å². The average molecular weight is 425 g/mol. The fourth-order valence-electron chi connectivity index (χ4n) is 2.29. The highest BCUT2D eigenvalue weighted by Gasteiger charge is 2.31. The third-order valence-electron chi connectivity index (χ3n) is 3.73. The number of alkyl halides is 3. The van der Waals surface area contributed by atoms with E-state index in [0.29, 0.717) is 5.75 Å². The molecule has 0 amide bonds. The van der Waals surface area contributed by atoms with Gasteiger partial charge in [-0.15, -0.1) is 0 Å². The Labute approximate surface area is 170 Å². The molecule has 10 heteroatoms. The van der Waals surface area contributed by atoms with Crippen molar-refractivity contribution < 1.29 is 41.7 Å². The first kappa shape index (κ1) is 22.6. The van der Waals surface area contributed by atoms with Crippen LogP contribution in [-0.4, -0.2) is 33.3 Å². The van der Waals surface area contributed by atoms with Gasteiger partial charge in [-0.3, -0.25) is 0 Å². The Morgan fingerprint density at radius 2 is 1.60 bits per heavy atom. The van der Waals surface area contributed by atoms with Gasteiger partial charge in [0, 0.05) is 0 Å². The van der Waals surface area contributed by atoms with E-state index in [9.17, 15) is 22.8 Å². The maximum atomic E-state index is 13.2. The van der Waals surface area contributed by atoms with E-state index in [1.807, 2.05) is 0 Å². The number of carbonyl (C=O) groups is 2. The molecule has 0 aliphatic rings. The molecule has 7 nitrogen and oxygen atoms in total. The highest BCUT2D eigenvalue weighted by Crippen LogP contribution is 2.39. The second-order valence-corrected chi connectivity index (χ2v) is 5.66. The van der Waals surface area contributed by atoms with Crippen molar-refractivity contribution in [2.24, 2.45) is 0 Å². The molecule has 1 N–H and O–H groups in total. The van der Waals surface area contributed by atoms with Crippen molar-refractivity contribution >= 4 is 17.6 Å². The number of nitrogens with one attached hydrogen (secondary N) is 1. The highest BCUT2D eigenvalue weighted by molar-refractivity contribution is 5.99. The molecule has 30 heavy (non-hydrogen) atoms. The van der Waals surface area contributed by atoms with Gasteiger partial charge in [0.25, 0.3) is 0 Å². The van der Waals surface area contributed by atoms with Crippen LogP contribution in [0, 0.1) is 0 Å². The van der Waals surface area contributed by atoms with Gasteiger partial charge in [0.2, 0.25) is 0 Å². The van der Waals surface area contributed by atoms with E-state index in [0.717, 1.165) is 38.5 Å². The topological polar surface area (TPSA) is 83.1 Å². The van der Waals surface area contributed by atoms with Gasteiger partial charge in [-0.05, 0) is 30.3 Å². The van der Waals surface area contributed by atoms with E-state index in [2.05, 4.69) is 14.8 Å². The highest BCUT2D eigenvalue weighted by atomic mass is 19.4. The average Bonchev–Trinajstić information content (AvgIpc) is 2.73. The largest absolute Gasteiger partial charge is 0.493 e. The Hall–Kier alpha value is -3.69. The second-order valence-electron chi connectivity index (χ2n) is 5.66. The summed E-state index contributed by atoms with van der Waals surface area (Å²) in [6.07, 6.45) is -3.91. The molecule has 0 atom stereocenters. The van der Waals surface area contributed by atoms with Gasteiger partial charge in [0.15, 0.2) is 17.2 Å². The van der Waals surface area contributed by atoms with Gasteiger partial charge in [-0.25, -0.2) is 9.59 Å². The molecule has 2 aromatic carbocycles. The van der Waals surface area contributed by atoms with Gasteiger partial charge in [-0.2, -0.15) is 13.2 Å². The van der Waals surface area contributed by atoms with E-state index < -0.39 is 29.4 Å². The summed E-state index contributed by atoms with van der Waals surface area (Å²) < 4.78 is 59.5. The molecule has 160 valence electrons. The lowest BCUT2D eigenvalue weighted by Crippen LogP contribution is -2.16. The number of halogens is 3. The number of benzene rings is 2. The number of esters is 2. The zero-order chi connectivity index (χ0) is 22.3. The van der Waals surface area contributed by atoms with E-state index in [1.54, 1.807) is 24.3 Å². The van der Waals surface area contributed by atoms with Gasteiger partial charge in [-0.1, -0.05) is 12.1 Å². The Balaban J connectivity index is 2.54. The summed E-state index contributed by atoms with van der Waals surface area (Å²) in [5.41, 5.74) is -1.69. The Bertz CT molecular complexity index is 956. The molecule has 0 saturated carbocycles. The van der Waals surface area contributed by atoms with Crippen LogP contribution in [0.15, 0.2) is 54.2 Å². The third-order valence-corrected chi connectivity index (χ3v) is 3.73. The van der Waals surface area contributed by atoms with Crippen molar-refractivity contribution in [1.82, 2.24) is 0 Å². The Kier molecular flexibility index (Phi) is 7.29. The van der Waals surface area contributed by atoms with E-state index in [4.69, 9.17) is 9.47 Å². The molecule has 0 aromatic heterocycles. The molecular weight excluding hydrogens is 407 g/mol. The minimum absolute atomic E-state index is 0.0628. The lowest BCUT2D eigenvalue weighted by molar-refractivity contribution is -0.138. The maximum absolute atomic E-state index is 13.2. The first-order valence-corrected chi connectivity index (χ1v) is 8.36. The standard InChI is InChI=1S/C20H18F3NO6/c1-27-16-6-4-5-7-17(16)30-15-9-8-12(20(21,22)23)10-13(15)24-14(19(26)29-3)11-18(25)28-2/h4-11,24H,1-3H3/b14-11+. The molecule has 2 rings (SSSR count). The molecule has 0 spiro atoms. The van der Waals surface area contributed by atoms with Crippen LogP contribution in [-0.2, 0) is 25.2 Å². The van der Waals surface area contributed by atoms with Crippen LogP contribution in [0.25, 0.3) is 0 Å². The van der Waals surface area contributed by atoms with Gasteiger partial charge in [0.1, 0.15) is 5.70 Å². The smallest absolute Gasteiger partial charge is 0.416 e. The summed E-state index contributed by atoms with van der Waals surface area (Å²) in [4.78, 5) is 23.5. The van der Waals surface area contributed by atoms with Crippen molar-refractivity contribution in [3.63, 3.8) is 0 Å². The number of ether oxygens (including phenoxy) is 4. The summed E-state index contributed by atoms with van der Waals surface area (Å²) in [7, 11) is 3.53. The number of hydrogen-bond donors (Lipinski definition) is 1. The van der Waals surface area contributed by atoms with E-state index in [1.165, 1.54) is 7.11 Å². The summed E-state index contributed by atoms with van der Waals surface area (Å²) in [6, 6.07) is 9.11. The monoisotopic (exact) mass is 425 g/mol. The van der Waals surface area contributed by atoms with Gasteiger partial charge in [0.05, 0.1) is 38.7 Å².